The molecule has 11 nitrogen and oxygen atoms in total. The van der Waals surface area contributed by atoms with Crippen LogP contribution in [0.2, 0.25) is 0 Å². The predicted octanol–water partition coefficient (Wildman–Crippen LogP) is 2.96. The van der Waals surface area contributed by atoms with Crippen LogP contribution in [-0.2, 0) is 20.8 Å². The van der Waals surface area contributed by atoms with Gasteiger partial charge in [0.1, 0.15) is 0 Å². The quantitative estimate of drug-likeness (QED) is 0.356. The molecular formula is C24H29N5O6. The molecule has 0 saturated carbocycles. The van der Waals surface area contributed by atoms with Gasteiger partial charge in [-0.2, -0.15) is 0 Å². The second-order valence-corrected chi connectivity index (χ2v) is 7.19. The molecule has 0 fully saturated rings. The molecule has 0 bridgehead atoms. The first kappa shape index (κ1) is 25.7. The van der Waals surface area contributed by atoms with Gasteiger partial charge in [0.25, 0.3) is 11.8 Å². The Morgan fingerprint density at radius 3 is 2.34 bits per heavy atom. The first-order valence-corrected chi connectivity index (χ1v) is 11.1. The van der Waals surface area contributed by atoms with Gasteiger partial charge < -0.3 is 29.6 Å². The number of nitrogens with one attached hydrogen (secondary N) is 2. The minimum absolute atomic E-state index is 0.136. The Kier molecular flexibility index (Phi) is 9.58. The number of nitrogens with zero attached hydrogens (tertiary/aromatic N) is 3. The van der Waals surface area contributed by atoms with E-state index in [1.54, 1.807) is 42.5 Å². The number of amides is 2. The molecule has 0 spiro atoms. The molecule has 3 rings (SSSR count). The first-order chi connectivity index (χ1) is 17.0. The van der Waals surface area contributed by atoms with Crippen LogP contribution in [-0.4, -0.2) is 60.0 Å². The molecular weight excluding hydrogens is 454 g/mol. The van der Waals surface area contributed by atoms with Gasteiger partial charge in [0.05, 0.1) is 19.9 Å². The zero-order valence-corrected chi connectivity index (χ0v) is 19.9. The number of carbonyl (C=O) groups is 2. The van der Waals surface area contributed by atoms with Gasteiger partial charge in [0.15, 0.2) is 30.1 Å². The van der Waals surface area contributed by atoms with E-state index in [2.05, 4.69) is 20.9 Å². The molecule has 3 aromatic rings. The third kappa shape index (κ3) is 7.80. The number of hydrogen-bond donors (Lipinski definition) is 2. The van der Waals surface area contributed by atoms with Crippen LogP contribution in [0, 0.1) is 0 Å². The van der Waals surface area contributed by atoms with E-state index in [1.807, 2.05) is 19.9 Å². The highest BCUT2D eigenvalue weighted by atomic mass is 16.7. The average Bonchev–Trinajstić information content (AvgIpc) is 3.32. The van der Waals surface area contributed by atoms with Crippen LogP contribution in [0.4, 0.5) is 11.4 Å². The minimum atomic E-state index is -0.477. The Bertz CT molecular complexity index is 1110. The summed E-state index contributed by atoms with van der Waals surface area (Å²) in [5.41, 5.74) is 1.11. The molecule has 1 aromatic heterocycles. The second kappa shape index (κ2) is 13.1. The van der Waals surface area contributed by atoms with Gasteiger partial charge in [-0.05, 0) is 44.2 Å². The number of aromatic nitrogens is 3. The fraction of sp³-hybridized carbons (Fsp3) is 0.333. The van der Waals surface area contributed by atoms with Crippen LogP contribution < -0.4 is 20.1 Å². The van der Waals surface area contributed by atoms with Crippen molar-refractivity contribution in [2.75, 3.05) is 37.6 Å². The van der Waals surface area contributed by atoms with Crippen molar-refractivity contribution in [3.05, 3.63) is 60.4 Å². The lowest BCUT2D eigenvalue weighted by atomic mass is 10.2. The van der Waals surface area contributed by atoms with Crippen molar-refractivity contribution in [1.29, 1.82) is 0 Å². The van der Waals surface area contributed by atoms with Crippen molar-refractivity contribution >= 4 is 23.2 Å². The maximum Gasteiger partial charge on any atom is 0.277 e. The summed E-state index contributed by atoms with van der Waals surface area (Å²) in [6.45, 7) is 4.83. The van der Waals surface area contributed by atoms with Gasteiger partial charge in [-0.15, -0.1) is 5.10 Å². The van der Waals surface area contributed by atoms with Crippen LogP contribution in [0.25, 0.3) is 0 Å². The van der Waals surface area contributed by atoms with E-state index in [1.165, 1.54) is 18.0 Å². The number of anilines is 2. The molecule has 2 aromatic carbocycles. The van der Waals surface area contributed by atoms with Crippen LogP contribution in [0.5, 0.6) is 11.5 Å². The van der Waals surface area contributed by atoms with Crippen molar-refractivity contribution in [3.63, 3.8) is 0 Å². The van der Waals surface area contributed by atoms with Crippen molar-refractivity contribution in [3.8, 4) is 11.5 Å². The molecule has 0 saturated heterocycles. The van der Waals surface area contributed by atoms with E-state index in [4.69, 9.17) is 18.9 Å². The summed E-state index contributed by atoms with van der Waals surface area (Å²) in [4.78, 5) is 24.9. The number of ether oxygens (including phenoxy) is 4. The van der Waals surface area contributed by atoms with Gasteiger partial charge in [0, 0.05) is 24.6 Å². The Hall–Kier alpha value is -3.96. The molecule has 0 aliphatic rings. The smallest absolute Gasteiger partial charge is 0.277 e. The molecule has 1 heterocycles. The van der Waals surface area contributed by atoms with E-state index >= 15 is 0 Å². The molecule has 35 heavy (non-hydrogen) atoms. The lowest BCUT2D eigenvalue weighted by molar-refractivity contribution is -0.145. The van der Waals surface area contributed by atoms with Gasteiger partial charge in [-0.1, -0.05) is 23.4 Å². The summed E-state index contributed by atoms with van der Waals surface area (Å²) in [6.07, 6.45) is 1.04. The highest BCUT2D eigenvalue weighted by Crippen LogP contribution is 2.25. The highest BCUT2D eigenvalue weighted by molar-refractivity contribution is 6.03. The average molecular weight is 484 g/mol. The molecule has 0 atom stereocenters. The minimum Gasteiger partial charge on any atom is -0.493 e. The summed E-state index contributed by atoms with van der Waals surface area (Å²) >= 11 is 0. The Morgan fingerprint density at radius 1 is 0.971 bits per heavy atom. The summed E-state index contributed by atoms with van der Waals surface area (Å²) < 4.78 is 23.2. The molecule has 0 aliphatic heterocycles. The molecule has 0 unspecified atom stereocenters. The summed E-state index contributed by atoms with van der Waals surface area (Å²) in [6, 6.07) is 13.8. The Balaban J connectivity index is 1.54. The van der Waals surface area contributed by atoms with Crippen LogP contribution in [0.1, 0.15) is 24.3 Å². The van der Waals surface area contributed by atoms with Gasteiger partial charge in [0.2, 0.25) is 0 Å². The molecule has 186 valence electrons. The lowest BCUT2D eigenvalue weighted by Gasteiger charge is -2.16. The van der Waals surface area contributed by atoms with Gasteiger partial charge >= 0.3 is 0 Å². The molecule has 0 aliphatic carbocycles. The second-order valence-electron chi connectivity index (χ2n) is 7.19. The van der Waals surface area contributed by atoms with E-state index in [9.17, 15) is 9.59 Å². The number of methoxy groups -OCH3 is 1. The number of rotatable bonds is 13. The first-order valence-electron chi connectivity index (χ1n) is 11.1. The number of hydrogen-bond acceptors (Lipinski definition) is 8. The molecule has 0 radical (unpaired) electrons. The third-order valence-corrected chi connectivity index (χ3v) is 4.64. The Morgan fingerprint density at radius 2 is 1.66 bits per heavy atom. The topological polar surface area (TPSA) is 126 Å². The fourth-order valence-corrected chi connectivity index (χ4v) is 3.12. The zero-order chi connectivity index (χ0) is 25.0. The summed E-state index contributed by atoms with van der Waals surface area (Å²) in [5.74, 6) is 0.199. The van der Waals surface area contributed by atoms with Crippen LogP contribution >= 0.6 is 0 Å². The van der Waals surface area contributed by atoms with Crippen molar-refractivity contribution in [1.82, 2.24) is 15.0 Å². The maximum absolute atomic E-state index is 12.6. The van der Waals surface area contributed by atoms with E-state index in [0.29, 0.717) is 42.6 Å². The molecule has 2 amide bonds. The zero-order valence-electron chi connectivity index (χ0n) is 19.9. The van der Waals surface area contributed by atoms with Gasteiger partial charge in [-0.25, -0.2) is 4.68 Å². The molecule has 2 N–H and O–H groups in total. The largest absolute Gasteiger partial charge is 0.493 e. The van der Waals surface area contributed by atoms with E-state index < -0.39 is 12.2 Å². The van der Waals surface area contributed by atoms with Gasteiger partial charge in [-0.3, -0.25) is 9.59 Å². The SMILES string of the molecule is CCOC(Cn1cc(C(=O)Nc2cccc(NC(=O)COc3ccccc3OC)c2)nn1)OCC. The highest BCUT2D eigenvalue weighted by Gasteiger charge is 2.15. The summed E-state index contributed by atoms with van der Waals surface area (Å²) in [7, 11) is 1.53. The van der Waals surface area contributed by atoms with Crippen LogP contribution in [0.3, 0.4) is 0 Å². The van der Waals surface area contributed by atoms with Crippen molar-refractivity contribution in [2.45, 2.75) is 26.7 Å². The third-order valence-electron chi connectivity index (χ3n) is 4.64. The van der Waals surface area contributed by atoms with E-state index in [-0.39, 0.29) is 18.2 Å². The predicted molar refractivity (Wildman–Crippen MR) is 129 cm³/mol. The monoisotopic (exact) mass is 483 g/mol. The van der Waals surface area contributed by atoms with Crippen LogP contribution in [0.15, 0.2) is 54.7 Å². The normalized spacial score (nSPS) is 10.7. The number of para-hydroxylation sites is 2. The standard InChI is InChI=1S/C24H29N5O6/c1-4-33-23(34-5-2)15-29-14-19(27-28-29)24(31)26-18-10-8-9-17(13-18)25-22(30)16-35-21-12-7-6-11-20(21)32-3/h6-14,23H,4-5,15-16H2,1-3H3,(H,25,30)(H,26,31). The van der Waals surface area contributed by atoms with Crippen molar-refractivity contribution < 1.29 is 28.5 Å². The molecule has 11 heteroatoms. The lowest BCUT2D eigenvalue weighted by Crippen LogP contribution is -2.24. The summed E-state index contributed by atoms with van der Waals surface area (Å²) in [5, 5.41) is 13.4. The Labute approximate surface area is 203 Å². The van der Waals surface area contributed by atoms with Crippen molar-refractivity contribution in [2.24, 2.45) is 0 Å². The van der Waals surface area contributed by atoms with E-state index in [0.717, 1.165) is 0 Å². The number of carbonyl (C=O) groups excluding carboxylic acids is 2. The fourth-order valence-electron chi connectivity index (χ4n) is 3.12. The maximum atomic E-state index is 12.6. The number of benzene rings is 2.